The third-order valence-corrected chi connectivity index (χ3v) is 8.88. The Labute approximate surface area is 154 Å². The van der Waals surface area contributed by atoms with Gasteiger partial charge in [0.25, 0.3) is 0 Å². The number of allylic oxidation sites excluding steroid dienone is 2. The first kappa shape index (κ1) is 18.0. The molecular weight excluding hydrogens is 308 g/mol. The van der Waals surface area contributed by atoms with Gasteiger partial charge in [-0.1, -0.05) is 18.6 Å². The van der Waals surface area contributed by atoms with Crippen molar-refractivity contribution in [1.82, 2.24) is 0 Å². The maximum atomic E-state index is 11.0. The normalized spacial score (nSPS) is 51.0. The summed E-state index contributed by atoms with van der Waals surface area (Å²) in [7, 11) is 0. The zero-order valence-corrected chi connectivity index (χ0v) is 16.6. The smallest absolute Gasteiger partial charge is 0.0883 e. The first-order valence-electron chi connectivity index (χ1n) is 11.0. The molecule has 1 N–H and O–H groups in total. The fourth-order valence-electron chi connectivity index (χ4n) is 7.71. The first-order chi connectivity index (χ1) is 12.0. The van der Waals surface area contributed by atoms with Gasteiger partial charge in [0.1, 0.15) is 0 Å². The lowest BCUT2D eigenvalue weighted by Crippen LogP contribution is -2.51. The predicted octanol–water partition coefficient (Wildman–Crippen LogP) is 5.35. The fourth-order valence-corrected chi connectivity index (χ4v) is 7.71. The molecule has 0 heterocycles. The maximum Gasteiger partial charge on any atom is 0.0883 e. The highest BCUT2D eigenvalue weighted by atomic mass is 16.5. The van der Waals surface area contributed by atoms with Crippen LogP contribution in [0.3, 0.4) is 0 Å². The van der Waals surface area contributed by atoms with E-state index in [1.165, 1.54) is 44.9 Å². The molecule has 0 bridgehead atoms. The van der Waals surface area contributed by atoms with Crippen molar-refractivity contribution in [3.8, 4) is 0 Å². The molecule has 4 aliphatic rings. The van der Waals surface area contributed by atoms with Gasteiger partial charge in [-0.15, -0.1) is 0 Å². The monoisotopic (exact) mass is 346 g/mol. The van der Waals surface area contributed by atoms with E-state index in [9.17, 15) is 5.11 Å². The van der Waals surface area contributed by atoms with Crippen molar-refractivity contribution in [1.29, 1.82) is 0 Å². The molecule has 0 aromatic carbocycles. The van der Waals surface area contributed by atoms with E-state index in [-0.39, 0.29) is 0 Å². The molecule has 4 saturated carbocycles. The summed E-state index contributed by atoms with van der Waals surface area (Å²) in [6, 6.07) is 0. The third-order valence-electron chi connectivity index (χ3n) is 8.88. The van der Waals surface area contributed by atoms with E-state index in [4.69, 9.17) is 4.74 Å². The van der Waals surface area contributed by atoms with Crippen LogP contribution in [0.25, 0.3) is 0 Å². The van der Waals surface area contributed by atoms with Crippen LogP contribution in [0.15, 0.2) is 11.6 Å². The third kappa shape index (κ3) is 2.92. The molecular formula is C23H38O2. The Kier molecular flexibility index (Phi) is 4.82. The van der Waals surface area contributed by atoms with Gasteiger partial charge in [-0.25, -0.2) is 0 Å². The molecule has 0 aromatic rings. The predicted molar refractivity (Wildman–Crippen MR) is 102 cm³/mol. The van der Waals surface area contributed by atoms with Crippen molar-refractivity contribution >= 4 is 0 Å². The molecule has 4 aliphatic carbocycles. The summed E-state index contributed by atoms with van der Waals surface area (Å²) in [5.41, 5.74) is 1.72. The SMILES string of the molecule is C/C=C1/CC[C@H]2[C@@H]3CC[C@H]4C[C@@](O)(COCC)CC[C@@H]4[C@H]3CC[C@]12C. The summed E-state index contributed by atoms with van der Waals surface area (Å²) in [4.78, 5) is 0. The standard InChI is InChI=1S/C23H38O2/c1-4-17-7-9-21-20-8-6-16-14-23(24,15-25-5-2)13-11-18(16)19(20)10-12-22(17,21)3/h4,16,18-21,24H,5-15H2,1-3H3/b17-4-/t16-,18-,19+,20+,21-,22+,23+/m0/s1. The summed E-state index contributed by atoms with van der Waals surface area (Å²) >= 11 is 0. The van der Waals surface area contributed by atoms with Gasteiger partial charge in [-0.05, 0) is 107 Å². The summed E-state index contributed by atoms with van der Waals surface area (Å²) < 4.78 is 5.60. The van der Waals surface area contributed by atoms with Crippen LogP contribution in [0.2, 0.25) is 0 Å². The van der Waals surface area contributed by atoms with E-state index in [1.807, 2.05) is 6.92 Å². The van der Waals surface area contributed by atoms with Crippen LogP contribution in [0.4, 0.5) is 0 Å². The lowest BCUT2D eigenvalue weighted by atomic mass is 9.49. The van der Waals surface area contributed by atoms with Crippen LogP contribution in [0, 0.1) is 35.0 Å². The molecule has 2 heteroatoms. The molecule has 0 aromatic heterocycles. The van der Waals surface area contributed by atoms with Crippen LogP contribution >= 0.6 is 0 Å². The Balaban J connectivity index is 1.48. The Morgan fingerprint density at radius 3 is 2.64 bits per heavy atom. The van der Waals surface area contributed by atoms with Crippen molar-refractivity contribution in [2.24, 2.45) is 35.0 Å². The van der Waals surface area contributed by atoms with E-state index < -0.39 is 5.60 Å². The quantitative estimate of drug-likeness (QED) is 0.698. The topological polar surface area (TPSA) is 29.5 Å². The zero-order chi connectivity index (χ0) is 17.7. The van der Waals surface area contributed by atoms with Crippen LogP contribution < -0.4 is 0 Å². The molecule has 2 nitrogen and oxygen atoms in total. The van der Waals surface area contributed by atoms with Crippen molar-refractivity contribution in [2.45, 2.75) is 84.2 Å². The zero-order valence-electron chi connectivity index (χ0n) is 16.6. The van der Waals surface area contributed by atoms with E-state index in [1.54, 1.807) is 5.57 Å². The molecule has 0 amide bonds. The minimum atomic E-state index is -0.543. The molecule has 4 rings (SSSR count). The van der Waals surface area contributed by atoms with Gasteiger partial charge in [0.2, 0.25) is 0 Å². The summed E-state index contributed by atoms with van der Waals surface area (Å²) in [6.45, 7) is 8.12. The average Bonchev–Trinajstić information content (AvgIpc) is 2.96. The summed E-state index contributed by atoms with van der Waals surface area (Å²) in [6.07, 6.45) is 14.0. The highest BCUT2D eigenvalue weighted by Gasteiger charge is 2.56. The number of rotatable bonds is 3. The molecule has 0 unspecified atom stereocenters. The summed E-state index contributed by atoms with van der Waals surface area (Å²) in [5, 5.41) is 11.0. The molecule has 7 atom stereocenters. The average molecular weight is 347 g/mol. The lowest BCUT2D eigenvalue weighted by molar-refractivity contribution is -0.123. The largest absolute Gasteiger partial charge is 0.387 e. The van der Waals surface area contributed by atoms with Crippen LogP contribution in [0.1, 0.15) is 78.6 Å². The van der Waals surface area contributed by atoms with Crippen molar-refractivity contribution in [3.63, 3.8) is 0 Å². The lowest BCUT2D eigenvalue weighted by Gasteiger charge is -2.56. The molecule has 0 saturated heterocycles. The van der Waals surface area contributed by atoms with Gasteiger partial charge < -0.3 is 9.84 Å². The highest BCUT2D eigenvalue weighted by Crippen LogP contribution is 2.64. The van der Waals surface area contributed by atoms with E-state index in [0.717, 1.165) is 42.4 Å². The molecule has 0 aliphatic heterocycles. The second-order valence-corrected chi connectivity index (χ2v) is 9.85. The minimum Gasteiger partial charge on any atom is -0.387 e. The second kappa shape index (κ2) is 6.68. The molecule has 142 valence electrons. The number of fused-ring (bicyclic) bond motifs is 5. The van der Waals surface area contributed by atoms with Gasteiger partial charge in [-0.2, -0.15) is 0 Å². The van der Waals surface area contributed by atoms with Crippen LogP contribution in [0.5, 0.6) is 0 Å². The molecule has 4 fully saturated rings. The number of ether oxygens (including phenoxy) is 1. The van der Waals surface area contributed by atoms with Crippen LogP contribution in [-0.2, 0) is 4.74 Å². The first-order valence-corrected chi connectivity index (χ1v) is 11.0. The van der Waals surface area contributed by atoms with Crippen molar-refractivity contribution < 1.29 is 9.84 Å². The molecule has 0 spiro atoms. The summed E-state index contributed by atoms with van der Waals surface area (Å²) in [5.74, 6) is 4.44. The van der Waals surface area contributed by atoms with Crippen molar-refractivity contribution in [2.75, 3.05) is 13.2 Å². The minimum absolute atomic E-state index is 0.507. The van der Waals surface area contributed by atoms with E-state index >= 15 is 0 Å². The fraction of sp³-hybridized carbons (Fsp3) is 0.913. The van der Waals surface area contributed by atoms with Crippen molar-refractivity contribution in [3.05, 3.63) is 11.6 Å². The van der Waals surface area contributed by atoms with E-state index in [2.05, 4.69) is 19.9 Å². The highest BCUT2D eigenvalue weighted by molar-refractivity contribution is 5.23. The maximum absolute atomic E-state index is 11.0. The Morgan fingerprint density at radius 1 is 1.08 bits per heavy atom. The van der Waals surface area contributed by atoms with Gasteiger partial charge in [0, 0.05) is 6.61 Å². The number of hydrogen-bond acceptors (Lipinski definition) is 2. The second-order valence-electron chi connectivity index (χ2n) is 9.85. The van der Waals surface area contributed by atoms with Gasteiger partial charge >= 0.3 is 0 Å². The Bertz CT molecular complexity index is 526. The van der Waals surface area contributed by atoms with Gasteiger partial charge in [-0.3, -0.25) is 0 Å². The van der Waals surface area contributed by atoms with Gasteiger partial charge in [0.15, 0.2) is 0 Å². The van der Waals surface area contributed by atoms with Crippen LogP contribution in [-0.4, -0.2) is 23.9 Å². The van der Waals surface area contributed by atoms with Gasteiger partial charge in [0.05, 0.1) is 12.2 Å². The molecule has 0 radical (unpaired) electrons. The van der Waals surface area contributed by atoms with E-state index in [0.29, 0.717) is 18.6 Å². The number of hydrogen-bond donors (Lipinski definition) is 1. The molecule has 25 heavy (non-hydrogen) atoms. The Morgan fingerprint density at radius 2 is 1.88 bits per heavy atom. The number of aliphatic hydroxyl groups is 1. The Hall–Kier alpha value is -0.340.